The third-order valence-electron chi connectivity index (χ3n) is 2.51. The van der Waals surface area contributed by atoms with Crippen molar-refractivity contribution in [3.63, 3.8) is 0 Å². The van der Waals surface area contributed by atoms with Gasteiger partial charge in [-0.05, 0) is 23.9 Å². The van der Waals surface area contributed by atoms with Crippen molar-refractivity contribution < 1.29 is 9.72 Å². The molecule has 0 bridgehead atoms. The van der Waals surface area contributed by atoms with Gasteiger partial charge < -0.3 is 0 Å². The van der Waals surface area contributed by atoms with Gasteiger partial charge in [-0.1, -0.05) is 48.5 Å². The standard InChI is InChI=1S/C14H11NO3S/c16-14(19-12-9-5-2-6-10-12)13(15(17)18)11-7-3-1-4-8-11/h1-10,13H. The molecular weight excluding hydrogens is 262 g/mol. The lowest BCUT2D eigenvalue weighted by Gasteiger charge is -2.08. The van der Waals surface area contributed by atoms with Gasteiger partial charge in [0, 0.05) is 15.4 Å². The molecule has 19 heavy (non-hydrogen) atoms. The van der Waals surface area contributed by atoms with E-state index in [-0.39, 0.29) is 0 Å². The van der Waals surface area contributed by atoms with Gasteiger partial charge in [-0.15, -0.1) is 0 Å². The van der Waals surface area contributed by atoms with Gasteiger partial charge >= 0.3 is 6.04 Å². The SMILES string of the molecule is O=C(Sc1ccccc1)C(c1ccccc1)[N+](=O)[O-]. The molecule has 0 spiro atoms. The van der Waals surface area contributed by atoms with Crippen LogP contribution in [0.4, 0.5) is 0 Å². The number of rotatable bonds is 4. The Hall–Kier alpha value is -2.14. The fourth-order valence-corrected chi connectivity index (χ4v) is 2.50. The summed E-state index contributed by atoms with van der Waals surface area (Å²) in [5.41, 5.74) is 0.404. The van der Waals surface area contributed by atoms with Crippen molar-refractivity contribution in [2.75, 3.05) is 0 Å². The van der Waals surface area contributed by atoms with E-state index >= 15 is 0 Å². The Morgan fingerprint density at radius 1 is 1.00 bits per heavy atom. The van der Waals surface area contributed by atoms with Crippen molar-refractivity contribution in [2.45, 2.75) is 10.9 Å². The number of carbonyl (C=O) groups is 1. The van der Waals surface area contributed by atoms with E-state index in [1.807, 2.05) is 6.07 Å². The lowest BCUT2D eigenvalue weighted by atomic mass is 10.1. The minimum atomic E-state index is -1.33. The molecule has 96 valence electrons. The molecule has 0 aliphatic rings. The molecule has 1 atom stereocenters. The van der Waals surface area contributed by atoms with Crippen LogP contribution >= 0.6 is 11.8 Å². The van der Waals surface area contributed by atoms with Crippen LogP contribution in [-0.2, 0) is 4.79 Å². The van der Waals surface area contributed by atoms with Crippen LogP contribution in [0.15, 0.2) is 65.6 Å². The normalized spacial score (nSPS) is 11.8. The zero-order valence-corrected chi connectivity index (χ0v) is 10.7. The molecule has 0 fully saturated rings. The topological polar surface area (TPSA) is 60.2 Å². The highest BCUT2D eigenvalue weighted by Gasteiger charge is 2.32. The van der Waals surface area contributed by atoms with Gasteiger partial charge in [-0.2, -0.15) is 0 Å². The number of carbonyl (C=O) groups excluding carboxylic acids is 1. The molecule has 2 aromatic carbocycles. The third-order valence-corrected chi connectivity index (χ3v) is 3.44. The zero-order chi connectivity index (χ0) is 13.7. The lowest BCUT2D eigenvalue weighted by Crippen LogP contribution is -2.18. The van der Waals surface area contributed by atoms with E-state index in [9.17, 15) is 14.9 Å². The van der Waals surface area contributed by atoms with Crippen LogP contribution in [0.2, 0.25) is 0 Å². The summed E-state index contributed by atoms with van der Waals surface area (Å²) in [5.74, 6) is 0. The summed E-state index contributed by atoms with van der Waals surface area (Å²) in [6, 6.07) is 15.9. The largest absolute Gasteiger partial charge is 0.305 e. The van der Waals surface area contributed by atoms with Gasteiger partial charge in [-0.25, -0.2) is 0 Å². The molecule has 0 radical (unpaired) electrons. The first-order chi connectivity index (χ1) is 9.18. The van der Waals surface area contributed by atoms with Gasteiger partial charge in [0.2, 0.25) is 0 Å². The van der Waals surface area contributed by atoms with Crippen molar-refractivity contribution in [3.05, 3.63) is 76.3 Å². The molecule has 2 rings (SSSR count). The van der Waals surface area contributed by atoms with Crippen LogP contribution < -0.4 is 0 Å². The predicted molar refractivity (Wildman–Crippen MR) is 73.5 cm³/mol. The average Bonchev–Trinajstić information content (AvgIpc) is 2.40. The molecule has 0 amide bonds. The van der Waals surface area contributed by atoms with E-state index in [4.69, 9.17) is 0 Å². The number of nitrogens with zero attached hydrogens (tertiary/aromatic N) is 1. The van der Waals surface area contributed by atoms with Gasteiger partial charge in [0.1, 0.15) is 0 Å². The molecule has 2 aromatic rings. The number of hydrogen-bond acceptors (Lipinski definition) is 4. The van der Waals surface area contributed by atoms with Crippen LogP contribution in [0.25, 0.3) is 0 Å². The van der Waals surface area contributed by atoms with Gasteiger partial charge in [-0.3, -0.25) is 14.9 Å². The molecule has 0 aliphatic carbocycles. The Morgan fingerprint density at radius 2 is 1.53 bits per heavy atom. The Morgan fingerprint density at radius 3 is 2.05 bits per heavy atom. The fourth-order valence-electron chi connectivity index (χ4n) is 1.64. The van der Waals surface area contributed by atoms with Crippen molar-refractivity contribution in [3.8, 4) is 0 Å². The van der Waals surface area contributed by atoms with Crippen molar-refractivity contribution in [2.24, 2.45) is 0 Å². The number of nitro groups is 1. The first-order valence-corrected chi connectivity index (χ1v) is 6.45. The Labute approximate surface area is 114 Å². The first kappa shape index (κ1) is 13.3. The van der Waals surface area contributed by atoms with E-state index in [2.05, 4.69) is 0 Å². The highest BCUT2D eigenvalue weighted by atomic mass is 32.2. The van der Waals surface area contributed by atoms with E-state index in [0.29, 0.717) is 10.5 Å². The first-order valence-electron chi connectivity index (χ1n) is 5.63. The van der Waals surface area contributed by atoms with Crippen LogP contribution in [-0.4, -0.2) is 10.0 Å². The van der Waals surface area contributed by atoms with Crippen molar-refractivity contribution in [1.29, 1.82) is 0 Å². The molecule has 1 unspecified atom stereocenters. The molecule has 0 saturated heterocycles. The molecule has 0 saturated carbocycles. The monoisotopic (exact) mass is 273 g/mol. The summed E-state index contributed by atoms with van der Waals surface area (Å²) in [6.07, 6.45) is 0. The minimum Gasteiger partial charge on any atom is -0.279 e. The maximum atomic E-state index is 12.1. The van der Waals surface area contributed by atoms with Crippen LogP contribution in [0, 0.1) is 10.1 Å². The summed E-state index contributed by atoms with van der Waals surface area (Å²) < 4.78 is 0. The number of benzene rings is 2. The summed E-state index contributed by atoms with van der Waals surface area (Å²) in [6.45, 7) is 0. The van der Waals surface area contributed by atoms with Gasteiger partial charge in [0.25, 0.3) is 5.12 Å². The Balaban J connectivity index is 2.21. The highest BCUT2D eigenvalue weighted by Crippen LogP contribution is 2.28. The zero-order valence-electron chi connectivity index (χ0n) is 9.93. The van der Waals surface area contributed by atoms with Crippen LogP contribution in [0.1, 0.15) is 11.6 Å². The summed E-state index contributed by atoms with van der Waals surface area (Å²) in [7, 11) is 0. The molecule has 0 aliphatic heterocycles. The second-order valence-corrected chi connectivity index (χ2v) is 4.91. The quantitative estimate of drug-likeness (QED) is 0.487. The van der Waals surface area contributed by atoms with Gasteiger partial charge in [0.05, 0.1) is 0 Å². The summed E-state index contributed by atoms with van der Waals surface area (Å²) in [4.78, 5) is 23.3. The second-order valence-electron chi connectivity index (χ2n) is 3.83. The molecule has 0 N–H and O–H groups in total. The Bertz CT molecular complexity index is 572. The van der Waals surface area contributed by atoms with Crippen LogP contribution in [0.3, 0.4) is 0 Å². The third kappa shape index (κ3) is 3.42. The maximum Gasteiger partial charge on any atom is 0.305 e. The molecule has 0 aromatic heterocycles. The van der Waals surface area contributed by atoms with Crippen molar-refractivity contribution >= 4 is 16.9 Å². The summed E-state index contributed by atoms with van der Waals surface area (Å²) >= 11 is 0.894. The minimum absolute atomic E-state index is 0.404. The number of thioether (sulfide) groups is 1. The van der Waals surface area contributed by atoms with E-state index < -0.39 is 16.1 Å². The fraction of sp³-hybridized carbons (Fsp3) is 0.0714. The van der Waals surface area contributed by atoms with Gasteiger partial charge in [0.15, 0.2) is 0 Å². The molecule has 5 heteroatoms. The number of hydrogen-bond donors (Lipinski definition) is 0. The van der Waals surface area contributed by atoms with E-state index in [1.165, 1.54) is 0 Å². The molecule has 0 heterocycles. The van der Waals surface area contributed by atoms with Crippen LogP contribution in [0.5, 0.6) is 0 Å². The molecular formula is C14H11NO3S. The predicted octanol–water partition coefficient (Wildman–Crippen LogP) is 3.32. The second kappa shape index (κ2) is 6.15. The smallest absolute Gasteiger partial charge is 0.279 e. The Kier molecular flexibility index (Phi) is 4.30. The van der Waals surface area contributed by atoms with E-state index in [1.54, 1.807) is 54.6 Å². The summed E-state index contributed by atoms with van der Waals surface area (Å²) in [5, 5.41) is 10.6. The molecule has 4 nitrogen and oxygen atoms in total. The maximum absolute atomic E-state index is 12.1. The lowest BCUT2D eigenvalue weighted by molar-refractivity contribution is -0.511. The van der Waals surface area contributed by atoms with E-state index in [0.717, 1.165) is 11.8 Å². The van der Waals surface area contributed by atoms with Crippen molar-refractivity contribution in [1.82, 2.24) is 0 Å². The highest BCUT2D eigenvalue weighted by molar-refractivity contribution is 8.13. The average molecular weight is 273 g/mol.